The molecule has 6 nitrogen and oxygen atoms in total. The summed E-state index contributed by atoms with van der Waals surface area (Å²) in [6.07, 6.45) is 0. The third kappa shape index (κ3) is 3.93. The fourth-order valence-corrected chi connectivity index (χ4v) is 2.41. The summed E-state index contributed by atoms with van der Waals surface area (Å²) in [4.78, 5) is 23.8. The molecule has 0 aliphatic carbocycles. The molecule has 0 N–H and O–H groups in total. The number of hydrogen-bond donors (Lipinski definition) is 0. The lowest BCUT2D eigenvalue weighted by Gasteiger charge is -2.23. The minimum atomic E-state index is -0.425. The smallest absolute Gasteiger partial charge is 0.325 e. The highest BCUT2D eigenvalue weighted by molar-refractivity contribution is 9.10. The Kier molecular flexibility index (Phi) is 5.94. The number of nitro groups is 1. The van der Waals surface area contributed by atoms with Crippen molar-refractivity contribution < 1.29 is 14.5 Å². The Morgan fingerprint density at radius 2 is 2.10 bits per heavy atom. The van der Waals surface area contributed by atoms with Gasteiger partial charge < -0.3 is 9.64 Å². The van der Waals surface area contributed by atoms with E-state index in [9.17, 15) is 14.9 Å². The lowest BCUT2D eigenvalue weighted by Crippen LogP contribution is -2.31. The standard InChI is InChI=1S/C13H17BrN2O4/c1-4-15(8-13(17)20-5-2)12-6-9(3)11(16(18)19)7-10(12)14/h6-7H,4-5,8H2,1-3H3. The number of nitrogens with zero attached hydrogens (tertiary/aromatic N) is 2. The first kappa shape index (κ1) is 16.4. The number of hydrogen-bond acceptors (Lipinski definition) is 5. The lowest BCUT2D eigenvalue weighted by molar-refractivity contribution is -0.385. The number of carbonyl (C=O) groups is 1. The van der Waals surface area contributed by atoms with E-state index in [2.05, 4.69) is 15.9 Å². The number of halogens is 1. The Labute approximate surface area is 126 Å². The van der Waals surface area contributed by atoms with Crippen molar-refractivity contribution in [3.8, 4) is 0 Å². The summed E-state index contributed by atoms with van der Waals surface area (Å²) >= 11 is 3.32. The minimum absolute atomic E-state index is 0.0489. The van der Waals surface area contributed by atoms with Gasteiger partial charge in [-0.3, -0.25) is 14.9 Å². The highest BCUT2D eigenvalue weighted by atomic mass is 79.9. The molecule has 1 aromatic carbocycles. The van der Waals surface area contributed by atoms with E-state index in [1.54, 1.807) is 24.8 Å². The molecule has 0 radical (unpaired) electrons. The van der Waals surface area contributed by atoms with Gasteiger partial charge in [0.2, 0.25) is 0 Å². The van der Waals surface area contributed by atoms with Gasteiger partial charge in [-0.25, -0.2) is 0 Å². The molecule has 20 heavy (non-hydrogen) atoms. The second-order valence-corrected chi connectivity index (χ2v) is 5.02. The third-order valence-corrected chi connectivity index (χ3v) is 3.44. The van der Waals surface area contributed by atoms with Crippen molar-refractivity contribution >= 4 is 33.3 Å². The van der Waals surface area contributed by atoms with Crippen molar-refractivity contribution in [3.63, 3.8) is 0 Å². The Morgan fingerprint density at radius 3 is 2.60 bits per heavy atom. The summed E-state index contributed by atoms with van der Waals surface area (Å²) in [6, 6.07) is 3.16. The number of aryl methyl sites for hydroxylation is 1. The van der Waals surface area contributed by atoms with Crippen LogP contribution in [0.4, 0.5) is 11.4 Å². The SMILES string of the molecule is CCOC(=O)CN(CC)c1cc(C)c([N+](=O)[O-])cc1Br. The van der Waals surface area contributed by atoms with E-state index in [4.69, 9.17) is 4.74 Å². The Bertz CT molecular complexity index is 519. The third-order valence-electron chi connectivity index (χ3n) is 2.81. The maximum Gasteiger partial charge on any atom is 0.325 e. The van der Waals surface area contributed by atoms with Crippen LogP contribution in [-0.2, 0) is 9.53 Å². The number of benzene rings is 1. The molecule has 0 bridgehead atoms. The molecule has 0 atom stereocenters. The second-order valence-electron chi connectivity index (χ2n) is 4.17. The van der Waals surface area contributed by atoms with E-state index in [1.807, 2.05) is 6.92 Å². The maximum absolute atomic E-state index is 11.6. The predicted octanol–water partition coefficient (Wildman–Crippen LogP) is 3.06. The normalized spacial score (nSPS) is 10.2. The van der Waals surface area contributed by atoms with E-state index in [0.29, 0.717) is 23.2 Å². The van der Waals surface area contributed by atoms with Crippen molar-refractivity contribution in [1.82, 2.24) is 0 Å². The molecule has 0 aliphatic rings. The van der Waals surface area contributed by atoms with Crippen LogP contribution in [0.1, 0.15) is 19.4 Å². The summed E-state index contributed by atoms with van der Waals surface area (Å²) in [6.45, 7) is 6.36. The van der Waals surface area contributed by atoms with Gasteiger partial charge in [0, 0.05) is 22.6 Å². The van der Waals surface area contributed by atoms with Crippen LogP contribution < -0.4 is 4.90 Å². The highest BCUT2D eigenvalue weighted by Gasteiger charge is 2.19. The van der Waals surface area contributed by atoms with Gasteiger partial charge in [0.05, 0.1) is 17.2 Å². The number of nitro benzene ring substituents is 1. The van der Waals surface area contributed by atoms with Crippen molar-refractivity contribution in [2.75, 3.05) is 24.6 Å². The first-order valence-electron chi connectivity index (χ1n) is 6.25. The largest absolute Gasteiger partial charge is 0.465 e. The van der Waals surface area contributed by atoms with Gasteiger partial charge in [-0.2, -0.15) is 0 Å². The van der Waals surface area contributed by atoms with Gasteiger partial charge in [-0.15, -0.1) is 0 Å². The molecule has 0 fully saturated rings. The van der Waals surface area contributed by atoms with E-state index < -0.39 is 4.92 Å². The van der Waals surface area contributed by atoms with Gasteiger partial charge in [0.25, 0.3) is 5.69 Å². The molecule has 1 aromatic rings. The number of rotatable bonds is 6. The number of anilines is 1. The summed E-state index contributed by atoms with van der Waals surface area (Å²) in [5, 5.41) is 10.9. The maximum atomic E-state index is 11.6. The monoisotopic (exact) mass is 344 g/mol. The van der Waals surface area contributed by atoms with Gasteiger partial charge in [0.1, 0.15) is 6.54 Å². The van der Waals surface area contributed by atoms with Crippen molar-refractivity contribution in [2.24, 2.45) is 0 Å². The zero-order valence-electron chi connectivity index (χ0n) is 11.7. The first-order valence-corrected chi connectivity index (χ1v) is 7.05. The zero-order chi connectivity index (χ0) is 15.3. The number of ether oxygens (including phenoxy) is 1. The van der Waals surface area contributed by atoms with E-state index in [-0.39, 0.29) is 18.2 Å². The van der Waals surface area contributed by atoms with Crippen molar-refractivity contribution in [2.45, 2.75) is 20.8 Å². The highest BCUT2D eigenvalue weighted by Crippen LogP contribution is 2.33. The van der Waals surface area contributed by atoms with Crippen LogP contribution in [0, 0.1) is 17.0 Å². The Balaban J connectivity index is 3.07. The van der Waals surface area contributed by atoms with Gasteiger partial charge in [-0.05, 0) is 42.8 Å². The molecule has 0 unspecified atom stereocenters. The van der Waals surface area contributed by atoms with E-state index in [0.717, 1.165) is 5.69 Å². The van der Waals surface area contributed by atoms with Gasteiger partial charge >= 0.3 is 5.97 Å². The second kappa shape index (κ2) is 7.23. The molecule has 0 aromatic heterocycles. The molecule has 0 heterocycles. The van der Waals surface area contributed by atoms with Crippen LogP contribution in [0.5, 0.6) is 0 Å². The summed E-state index contributed by atoms with van der Waals surface area (Å²) in [5.74, 6) is -0.322. The average Bonchev–Trinajstić information content (AvgIpc) is 2.38. The fraction of sp³-hybridized carbons (Fsp3) is 0.462. The van der Waals surface area contributed by atoms with E-state index >= 15 is 0 Å². The van der Waals surface area contributed by atoms with E-state index in [1.165, 1.54) is 6.07 Å². The lowest BCUT2D eigenvalue weighted by atomic mass is 10.1. The first-order chi connectivity index (χ1) is 9.40. The van der Waals surface area contributed by atoms with Crippen LogP contribution in [-0.4, -0.2) is 30.6 Å². The summed E-state index contributed by atoms with van der Waals surface area (Å²) < 4.78 is 5.51. The summed E-state index contributed by atoms with van der Waals surface area (Å²) in [7, 11) is 0. The average molecular weight is 345 g/mol. The Hall–Kier alpha value is -1.63. The fourth-order valence-electron chi connectivity index (χ4n) is 1.82. The van der Waals surface area contributed by atoms with Crippen LogP contribution >= 0.6 is 15.9 Å². The van der Waals surface area contributed by atoms with Crippen molar-refractivity contribution in [1.29, 1.82) is 0 Å². The molecule has 1 rings (SSSR count). The van der Waals surface area contributed by atoms with Gasteiger partial charge in [-0.1, -0.05) is 0 Å². The molecule has 0 saturated carbocycles. The predicted molar refractivity (Wildman–Crippen MR) is 80.1 cm³/mol. The molecule has 110 valence electrons. The van der Waals surface area contributed by atoms with Crippen LogP contribution in [0.2, 0.25) is 0 Å². The molecule has 7 heteroatoms. The molecular formula is C13H17BrN2O4. The van der Waals surface area contributed by atoms with Crippen molar-refractivity contribution in [3.05, 3.63) is 32.3 Å². The van der Waals surface area contributed by atoms with Crippen LogP contribution in [0.25, 0.3) is 0 Å². The zero-order valence-corrected chi connectivity index (χ0v) is 13.3. The molecule has 0 amide bonds. The molecule has 0 spiro atoms. The molecular weight excluding hydrogens is 328 g/mol. The minimum Gasteiger partial charge on any atom is -0.465 e. The van der Waals surface area contributed by atoms with Crippen LogP contribution in [0.15, 0.2) is 16.6 Å². The quantitative estimate of drug-likeness (QED) is 0.450. The topological polar surface area (TPSA) is 72.7 Å². The summed E-state index contributed by atoms with van der Waals surface area (Å²) in [5.41, 5.74) is 1.34. The number of esters is 1. The Morgan fingerprint density at radius 1 is 1.45 bits per heavy atom. The number of likely N-dealkylation sites (N-methyl/N-ethyl adjacent to an activating group) is 1. The molecule has 0 aliphatic heterocycles. The molecule has 0 saturated heterocycles. The van der Waals surface area contributed by atoms with Crippen LogP contribution in [0.3, 0.4) is 0 Å². The van der Waals surface area contributed by atoms with Gasteiger partial charge in [0.15, 0.2) is 0 Å². The number of carbonyl (C=O) groups excluding carboxylic acids is 1.